The molecule has 1 fully saturated rings. The highest BCUT2D eigenvalue weighted by atomic mass is 16.5. The number of fused-ring (bicyclic) bond motifs is 2. The molecule has 12 heteroatoms. The molecule has 1 aliphatic heterocycles. The van der Waals surface area contributed by atoms with E-state index in [1.54, 1.807) is 31.1 Å². The number of H-pyrrole nitrogens is 1. The Bertz CT molecular complexity index is 1580. The predicted molar refractivity (Wildman–Crippen MR) is 157 cm³/mol. The van der Waals surface area contributed by atoms with Gasteiger partial charge >= 0.3 is 5.76 Å². The third-order valence-electron chi connectivity index (χ3n) is 8.55. The Labute approximate surface area is 248 Å². The molecule has 1 aliphatic carbocycles. The van der Waals surface area contributed by atoms with Crippen LogP contribution in [0.5, 0.6) is 0 Å². The van der Waals surface area contributed by atoms with Gasteiger partial charge in [0.05, 0.1) is 18.0 Å². The number of hydrogen-bond donors (Lipinski definition) is 4. The van der Waals surface area contributed by atoms with Gasteiger partial charge in [0.1, 0.15) is 6.04 Å². The lowest BCUT2D eigenvalue weighted by Crippen LogP contribution is -2.45. The number of nitrogens with zero attached hydrogens (tertiary/aromatic N) is 3. The number of rotatable bonds is 8. The molecule has 43 heavy (non-hydrogen) atoms. The SMILES string of the molecule is CNC(=O)c1ccc2c(c1)CCc1cc(C(=O)NC)ccc1C2(C[C@H](C)NCC(=O)N1CCC[C@H]1C#N)c1noc(=O)[nH]1. The smallest absolute Gasteiger partial charge is 0.355 e. The highest BCUT2D eigenvalue weighted by Gasteiger charge is 2.45. The van der Waals surface area contributed by atoms with Crippen molar-refractivity contribution < 1.29 is 18.9 Å². The van der Waals surface area contributed by atoms with Crippen molar-refractivity contribution in [1.82, 2.24) is 31.0 Å². The van der Waals surface area contributed by atoms with Gasteiger partial charge in [-0.1, -0.05) is 17.3 Å². The molecule has 3 aromatic rings. The molecule has 0 spiro atoms. The zero-order chi connectivity index (χ0) is 30.7. The molecule has 2 atom stereocenters. The van der Waals surface area contributed by atoms with E-state index in [0.717, 1.165) is 28.7 Å². The summed E-state index contributed by atoms with van der Waals surface area (Å²) < 4.78 is 5.04. The third-order valence-corrected chi connectivity index (χ3v) is 8.55. The van der Waals surface area contributed by atoms with Crippen LogP contribution in [0.1, 0.15) is 75.0 Å². The first-order chi connectivity index (χ1) is 20.7. The molecule has 1 aromatic heterocycles. The van der Waals surface area contributed by atoms with Crippen LogP contribution < -0.4 is 21.7 Å². The predicted octanol–water partition coefficient (Wildman–Crippen LogP) is 1.40. The summed E-state index contributed by atoms with van der Waals surface area (Å²) in [5.74, 6) is -1.02. The van der Waals surface area contributed by atoms with Gasteiger partial charge in [0, 0.05) is 37.8 Å². The van der Waals surface area contributed by atoms with Gasteiger partial charge in [-0.15, -0.1) is 0 Å². The molecule has 12 nitrogen and oxygen atoms in total. The largest absolute Gasteiger partial charge is 0.438 e. The van der Waals surface area contributed by atoms with Crippen molar-refractivity contribution in [2.75, 3.05) is 27.2 Å². The number of carbonyl (C=O) groups is 3. The van der Waals surface area contributed by atoms with E-state index in [1.807, 2.05) is 31.2 Å². The molecule has 0 radical (unpaired) electrons. The van der Waals surface area contributed by atoms with Gasteiger partial charge in [0.2, 0.25) is 5.91 Å². The molecule has 224 valence electrons. The topological polar surface area (TPSA) is 173 Å². The van der Waals surface area contributed by atoms with Crippen LogP contribution in [0.4, 0.5) is 0 Å². The average Bonchev–Trinajstić information content (AvgIpc) is 3.67. The molecule has 2 heterocycles. The monoisotopic (exact) mass is 585 g/mol. The van der Waals surface area contributed by atoms with E-state index in [2.05, 4.69) is 32.2 Å². The van der Waals surface area contributed by atoms with E-state index in [1.165, 1.54) is 0 Å². The van der Waals surface area contributed by atoms with Crippen molar-refractivity contribution in [3.05, 3.63) is 86.2 Å². The minimum Gasteiger partial charge on any atom is -0.355 e. The summed E-state index contributed by atoms with van der Waals surface area (Å²) in [5.41, 5.74) is 3.37. The maximum Gasteiger partial charge on any atom is 0.438 e. The Hall–Kier alpha value is -4.76. The van der Waals surface area contributed by atoms with Crippen molar-refractivity contribution in [3.63, 3.8) is 0 Å². The molecule has 5 rings (SSSR count). The first-order valence-corrected chi connectivity index (χ1v) is 14.4. The van der Waals surface area contributed by atoms with Gasteiger partial charge in [-0.2, -0.15) is 5.26 Å². The Kier molecular flexibility index (Phi) is 8.45. The van der Waals surface area contributed by atoms with E-state index in [-0.39, 0.29) is 36.1 Å². The highest BCUT2D eigenvalue weighted by molar-refractivity contribution is 5.95. The number of benzene rings is 2. The minimum atomic E-state index is -1.06. The van der Waals surface area contributed by atoms with Gasteiger partial charge in [-0.25, -0.2) is 4.79 Å². The number of aromatic amines is 1. The third kappa shape index (κ3) is 5.56. The average molecular weight is 586 g/mol. The highest BCUT2D eigenvalue weighted by Crippen LogP contribution is 2.47. The summed E-state index contributed by atoms with van der Waals surface area (Å²) in [7, 11) is 3.15. The van der Waals surface area contributed by atoms with E-state index in [4.69, 9.17) is 4.52 Å². The van der Waals surface area contributed by atoms with E-state index in [0.29, 0.717) is 43.4 Å². The molecule has 0 bridgehead atoms. The van der Waals surface area contributed by atoms with Crippen LogP contribution in [-0.4, -0.2) is 72.0 Å². The van der Waals surface area contributed by atoms with E-state index < -0.39 is 17.2 Å². The van der Waals surface area contributed by atoms with Gasteiger partial charge in [0.25, 0.3) is 11.8 Å². The molecule has 0 saturated carbocycles. The van der Waals surface area contributed by atoms with Crippen LogP contribution in [0.15, 0.2) is 45.7 Å². The van der Waals surface area contributed by atoms with Gasteiger partial charge in [0.15, 0.2) is 5.82 Å². The Morgan fingerprint density at radius 3 is 2.21 bits per heavy atom. The summed E-state index contributed by atoms with van der Waals surface area (Å²) in [5, 5.41) is 22.3. The van der Waals surface area contributed by atoms with Crippen molar-refractivity contribution in [2.45, 2.75) is 56.5 Å². The molecule has 2 aromatic carbocycles. The van der Waals surface area contributed by atoms with Gasteiger partial charge < -0.3 is 20.9 Å². The van der Waals surface area contributed by atoms with Crippen LogP contribution in [0, 0.1) is 11.3 Å². The number of hydrogen-bond acceptors (Lipinski definition) is 8. The Balaban J connectivity index is 1.62. The lowest BCUT2D eigenvalue weighted by atomic mass is 9.67. The lowest BCUT2D eigenvalue weighted by molar-refractivity contribution is -0.130. The second kappa shape index (κ2) is 12.2. The second-order valence-corrected chi connectivity index (χ2v) is 11.1. The summed E-state index contributed by atoms with van der Waals surface area (Å²) >= 11 is 0. The molecule has 2 aliphatic rings. The quantitative estimate of drug-likeness (QED) is 0.307. The van der Waals surface area contributed by atoms with Gasteiger partial charge in [-0.3, -0.25) is 23.9 Å². The molecular weight excluding hydrogens is 550 g/mol. The summed E-state index contributed by atoms with van der Waals surface area (Å²) in [6.07, 6.45) is 2.96. The second-order valence-electron chi connectivity index (χ2n) is 11.1. The van der Waals surface area contributed by atoms with Crippen molar-refractivity contribution >= 4 is 17.7 Å². The van der Waals surface area contributed by atoms with E-state index >= 15 is 0 Å². The number of aryl methyl sites for hydroxylation is 2. The molecule has 0 unspecified atom stereocenters. The zero-order valence-electron chi connectivity index (χ0n) is 24.5. The number of nitriles is 1. The van der Waals surface area contributed by atoms with Crippen molar-refractivity contribution in [2.24, 2.45) is 0 Å². The van der Waals surface area contributed by atoms with E-state index in [9.17, 15) is 24.4 Å². The minimum absolute atomic E-state index is 0.0374. The zero-order valence-corrected chi connectivity index (χ0v) is 24.5. The fourth-order valence-electron chi connectivity index (χ4n) is 6.50. The number of aromatic nitrogens is 2. The first-order valence-electron chi connectivity index (χ1n) is 14.4. The molecule has 3 amide bonds. The lowest BCUT2D eigenvalue weighted by Gasteiger charge is -2.37. The fraction of sp³-hybridized carbons (Fsp3) is 0.419. The van der Waals surface area contributed by atoms with Crippen LogP contribution in [0.25, 0.3) is 0 Å². The normalized spacial score (nSPS) is 17.6. The van der Waals surface area contributed by atoms with Crippen LogP contribution >= 0.6 is 0 Å². The Morgan fingerprint density at radius 1 is 1.09 bits per heavy atom. The Morgan fingerprint density at radius 2 is 1.70 bits per heavy atom. The molecular formula is C31H35N7O5. The summed E-state index contributed by atoms with van der Waals surface area (Å²) in [6, 6.07) is 12.5. The maximum atomic E-state index is 13.0. The summed E-state index contributed by atoms with van der Waals surface area (Å²) in [4.78, 5) is 55.0. The number of amides is 3. The van der Waals surface area contributed by atoms with Crippen LogP contribution in [-0.2, 0) is 23.1 Å². The number of nitrogens with one attached hydrogen (secondary N) is 4. The molecule has 4 N–H and O–H groups in total. The fourth-order valence-corrected chi connectivity index (χ4v) is 6.50. The van der Waals surface area contributed by atoms with Crippen molar-refractivity contribution in [1.29, 1.82) is 5.26 Å². The van der Waals surface area contributed by atoms with Crippen molar-refractivity contribution in [3.8, 4) is 6.07 Å². The summed E-state index contributed by atoms with van der Waals surface area (Å²) in [6.45, 7) is 2.54. The standard InChI is InChI=1S/C31H35N7O5/c1-18(35-17-26(39)38-12-4-5-23(38)16-32)15-31(29-36-30(42)43-37-29)24-10-8-21(27(40)33-2)13-19(24)6-7-20-14-22(28(41)34-3)9-11-25(20)31/h8-11,13-14,18,23,35H,4-7,12,15,17H2,1-3H3,(H,33,40)(H,34,41)(H,36,37,42)/t18-,23-/m0/s1. The maximum absolute atomic E-state index is 13.0. The number of carbonyl (C=O) groups excluding carboxylic acids is 3. The first kappa shape index (κ1) is 29.7. The molecule has 1 saturated heterocycles. The van der Waals surface area contributed by atoms with Gasteiger partial charge in [-0.05, 0) is 85.5 Å². The number of likely N-dealkylation sites (tertiary alicyclic amines) is 1. The van der Waals surface area contributed by atoms with Crippen LogP contribution in [0.2, 0.25) is 0 Å². The van der Waals surface area contributed by atoms with Crippen LogP contribution in [0.3, 0.4) is 0 Å².